The SMILES string of the molecule is CNc1ncccc1C(=O)N(C)[C@@H]1C[C@@H]2CC(=O)N(C)C[C@@H]2C1. The van der Waals surface area contributed by atoms with Gasteiger partial charge in [-0.1, -0.05) is 0 Å². The second-order valence-corrected chi connectivity index (χ2v) is 6.69. The summed E-state index contributed by atoms with van der Waals surface area (Å²) in [6, 6.07) is 3.78. The maximum atomic E-state index is 12.8. The van der Waals surface area contributed by atoms with Crippen molar-refractivity contribution in [2.24, 2.45) is 11.8 Å². The van der Waals surface area contributed by atoms with Crippen LogP contribution >= 0.6 is 0 Å². The quantitative estimate of drug-likeness (QED) is 0.917. The van der Waals surface area contributed by atoms with E-state index < -0.39 is 0 Å². The van der Waals surface area contributed by atoms with Crippen molar-refractivity contribution in [1.29, 1.82) is 0 Å². The minimum absolute atomic E-state index is 0.00854. The Labute approximate surface area is 136 Å². The first kappa shape index (κ1) is 15.8. The van der Waals surface area contributed by atoms with E-state index in [4.69, 9.17) is 0 Å². The highest BCUT2D eigenvalue weighted by molar-refractivity contribution is 5.98. The van der Waals surface area contributed by atoms with E-state index in [9.17, 15) is 9.59 Å². The molecule has 1 N–H and O–H groups in total. The van der Waals surface area contributed by atoms with Crippen LogP contribution in [0.5, 0.6) is 0 Å². The number of pyridine rings is 1. The molecule has 6 nitrogen and oxygen atoms in total. The van der Waals surface area contributed by atoms with Gasteiger partial charge in [-0.05, 0) is 36.8 Å². The van der Waals surface area contributed by atoms with Gasteiger partial charge in [-0.2, -0.15) is 0 Å². The molecule has 2 amide bonds. The summed E-state index contributed by atoms with van der Waals surface area (Å²) in [6.45, 7) is 0.816. The minimum Gasteiger partial charge on any atom is -0.372 e. The van der Waals surface area contributed by atoms with E-state index in [1.165, 1.54) is 0 Å². The summed E-state index contributed by atoms with van der Waals surface area (Å²) >= 11 is 0. The number of carbonyl (C=O) groups is 2. The molecule has 1 aromatic rings. The van der Waals surface area contributed by atoms with Gasteiger partial charge in [0.15, 0.2) is 0 Å². The third-order valence-corrected chi connectivity index (χ3v) is 5.33. The highest BCUT2D eigenvalue weighted by atomic mass is 16.2. The zero-order chi connectivity index (χ0) is 16.6. The predicted octanol–water partition coefficient (Wildman–Crippen LogP) is 1.45. The van der Waals surface area contributed by atoms with Crippen LogP contribution in [0.3, 0.4) is 0 Å². The molecule has 0 radical (unpaired) electrons. The molecule has 2 aliphatic rings. The van der Waals surface area contributed by atoms with Crippen molar-refractivity contribution >= 4 is 17.6 Å². The Balaban J connectivity index is 1.73. The van der Waals surface area contributed by atoms with E-state index in [0.717, 1.165) is 19.4 Å². The van der Waals surface area contributed by atoms with Gasteiger partial charge in [0.05, 0.1) is 5.56 Å². The molecule has 0 unspecified atom stereocenters. The van der Waals surface area contributed by atoms with E-state index in [1.807, 2.05) is 23.9 Å². The van der Waals surface area contributed by atoms with Crippen LogP contribution in [0.15, 0.2) is 18.3 Å². The first-order valence-corrected chi connectivity index (χ1v) is 8.15. The Kier molecular flexibility index (Phi) is 4.24. The van der Waals surface area contributed by atoms with Crippen LogP contribution < -0.4 is 5.32 Å². The topological polar surface area (TPSA) is 65.5 Å². The van der Waals surface area contributed by atoms with Crippen LogP contribution in [0, 0.1) is 11.8 Å². The molecule has 3 atom stereocenters. The van der Waals surface area contributed by atoms with Crippen LogP contribution in [0.25, 0.3) is 0 Å². The van der Waals surface area contributed by atoms with Gasteiger partial charge in [-0.25, -0.2) is 4.98 Å². The van der Waals surface area contributed by atoms with Crippen molar-refractivity contribution < 1.29 is 9.59 Å². The van der Waals surface area contributed by atoms with Crippen molar-refractivity contribution in [3.05, 3.63) is 23.9 Å². The molecule has 23 heavy (non-hydrogen) atoms. The maximum absolute atomic E-state index is 12.8. The Hall–Kier alpha value is -2.11. The Bertz CT molecular complexity index is 618. The van der Waals surface area contributed by atoms with Gasteiger partial charge in [0.2, 0.25) is 5.91 Å². The lowest BCUT2D eigenvalue weighted by Gasteiger charge is -2.31. The van der Waals surface area contributed by atoms with Gasteiger partial charge in [-0.15, -0.1) is 0 Å². The molecular formula is C17H24N4O2. The number of anilines is 1. The molecular weight excluding hydrogens is 292 g/mol. The van der Waals surface area contributed by atoms with Crippen molar-refractivity contribution in [2.75, 3.05) is 33.0 Å². The second kappa shape index (κ2) is 6.18. The number of hydrogen-bond acceptors (Lipinski definition) is 4. The van der Waals surface area contributed by atoms with Crippen molar-refractivity contribution in [3.63, 3.8) is 0 Å². The molecule has 1 aromatic heterocycles. The van der Waals surface area contributed by atoms with Crippen LogP contribution in [0.1, 0.15) is 29.6 Å². The maximum Gasteiger partial charge on any atom is 0.257 e. The van der Waals surface area contributed by atoms with Gasteiger partial charge >= 0.3 is 0 Å². The van der Waals surface area contributed by atoms with Gasteiger partial charge in [0.1, 0.15) is 5.82 Å². The zero-order valence-electron chi connectivity index (χ0n) is 14.0. The fourth-order valence-electron chi connectivity index (χ4n) is 3.94. The van der Waals surface area contributed by atoms with Crippen LogP contribution in [-0.4, -0.2) is 60.3 Å². The van der Waals surface area contributed by atoms with Crippen molar-refractivity contribution in [3.8, 4) is 0 Å². The third kappa shape index (κ3) is 2.90. The van der Waals surface area contributed by atoms with Crippen molar-refractivity contribution in [1.82, 2.24) is 14.8 Å². The molecule has 1 saturated carbocycles. The van der Waals surface area contributed by atoms with Crippen LogP contribution in [0.4, 0.5) is 5.82 Å². The number of rotatable bonds is 3. The lowest BCUT2D eigenvalue weighted by molar-refractivity contribution is -0.134. The first-order chi connectivity index (χ1) is 11.0. The normalized spacial score (nSPS) is 26.8. The monoisotopic (exact) mass is 316 g/mol. The average molecular weight is 316 g/mol. The van der Waals surface area contributed by atoms with Gasteiger partial charge < -0.3 is 15.1 Å². The number of carbonyl (C=O) groups excluding carboxylic acids is 2. The number of nitrogens with zero attached hydrogens (tertiary/aromatic N) is 3. The molecule has 6 heteroatoms. The lowest BCUT2D eigenvalue weighted by atomic mass is 9.88. The van der Waals surface area contributed by atoms with Gasteiger partial charge in [0, 0.05) is 46.3 Å². The molecule has 0 spiro atoms. The first-order valence-electron chi connectivity index (χ1n) is 8.15. The molecule has 2 fully saturated rings. The molecule has 0 aromatic carbocycles. The Morgan fingerprint density at radius 2 is 2.13 bits per heavy atom. The van der Waals surface area contributed by atoms with E-state index in [2.05, 4.69) is 10.3 Å². The van der Waals surface area contributed by atoms with Crippen LogP contribution in [0.2, 0.25) is 0 Å². The third-order valence-electron chi connectivity index (χ3n) is 5.33. The van der Waals surface area contributed by atoms with Crippen molar-refractivity contribution in [2.45, 2.75) is 25.3 Å². The highest BCUT2D eigenvalue weighted by Gasteiger charge is 2.42. The number of hydrogen-bond donors (Lipinski definition) is 1. The lowest BCUT2D eigenvalue weighted by Crippen LogP contribution is -2.40. The summed E-state index contributed by atoms with van der Waals surface area (Å²) in [5.41, 5.74) is 0.598. The number of fused-ring (bicyclic) bond motifs is 1. The minimum atomic E-state index is -0.00854. The highest BCUT2D eigenvalue weighted by Crippen LogP contribution is 2.40. The summed E-state index contributed by atoms with van der Waals surface area (Å²) in [4.78, 5) is 32.6. The van der Waals surface area contributed by atoms with Gasteiger partial charge in [-0.3, -0.25) is 9.59 Å². The summed E-state index contributed by atoms with van der Waals surface area (Å²) in [5.74, 6) is 1.75. The Morgan fingerprint density at radius 1 is 1.39 bits per heavy atom. The van der Waals surface area contributed by atoms with Gasteiger partial charge in [0.25, 0.3) is 5.91 Å². The van der Waals surface area contributed by atoms with E-state index in [0.29, 0.717) is 29.6 Å². The molecule has 1 saturated heterocycles. The second-order valence-electron chi connectivity index (χ2n) is 6.69. The standard InChI is InChI=1S/C17H24N4O2/c1-18-16-14(5-4-6-19-16)17(23)21(3)13-7-11-9-15(22)20(2)10-12(11)8-13/h4-6,11-13H,7-10H2,1-3H3,(H,18,19)/t11-,12+,13-/m1/s1. The predicted molar refractivity (Wildman–Crippen MR) is 88.1 cm³/mol. The number of nitrogens with one attached hydrogen (secondary N) is 1. The molecule has 2 heterocycles. The molecule has 124 valence electrons. The molecule has 0 bridgehead atoms. The van der Waals surface area contributed by atoms with E-state index >= 15 is 0 Å². The molecule has 3 rings (SSSR count). The smallest absolute Gasteiger partial charge is 0.257 e. The fourth-order valence-corrected chi connectivity index (χ4v) is 3.94. The van der Waals surface area contributed by atoms with E-state index in [-0.39, 0.29) is 17.9 Å². The van der Waals surface area contributed by atoms with E-state index in [1.54, 1.807) is 25.4 Å². The number of aromatic nitrogens is 1. The molecule has 1 aliphatic heterocycles. The number of likely N-dealkylation sites (tertiary alicyclic amines) is 1. The van der Waals surface area contributed by atoms with Crippen LogP contribution in [-0.2, 0) is 4.79 Å². The summed E-state index contributed by atoms with van der Waals surface area (Å²) in [7, 11) is 5.50. The number of amides is 2. The molecule has 1 aliphatic carbocycles. The summed E-state index contributed by atoms with van der Waals surface area (Å²) in [6.07, 6.45) is 4.18. The fraction of sp³-hybridized carbons (Fsp3) is 0.588. The number of piperidine rings is 1. The zero-order valence-corrected chi connectivity index (χ0v) is 14.0. The largest absolute Gasteiger partial charge is 0.372 e. The summed E-state index contributed by atoms with van der Waals surface area (Å²) in [5, 5.41) is 2.97. The summed E-state index contributed by atoms with van der Waals surface area (Å²) < 4.78 is 0. The average Bonchev–Trinajstić information content (AvgIpc) is 2.96. The Morgan fingerprint density at radius 3 is 2.87 bits per heavy atom.